The van der Waals surface area contributed by atoms with Crippen molar-refractivity contribution in [1.29, 1.82) is 0 Å². The summed E-state index contributed by atoms with van der Waals surface area (Å²) in [5.74, 6) is 2.30. The van der Waals surface area contributed by atoms with Gasteiger partial charge in [0.25, 0.3) is 0 Å². The SMILES string of the molecule is C#CC1(NC(=O)Nc2ccc(OC(F)(F)F)cc2)CCCCC1. The molecule has 7 heteroatoms. The van der Waals surface area contributed by atoms with Crippen LogP contribution in [0.15, 0.2) is 24.3 Å². The molecule has 0 atom stereocenters. The maximum atomic E-state index is 12.1. The highest BCUT2D eigenvalue weighted by atomic mass is 19.4. The number of amides is 2. The summed E-state index contributed by atoms with van der Waals surface area (Å²) >= 11 is 0. The van der Waals surface area contributed by atoms with Gasteiger partial charge in [0.15, 0.2) is 0 Å². The lowest BCUT2D eigenvalue weighted by molar-refractivity contribution is -0.274. The van der Waals surface area contributed by atoms with E-state index in [4.69, 9.17) is 6.42 Å². The minimum Gasteiger partial charge on any atom is -0.406 e. The normalized spacial score (nSPS) is 17.0. The Balaban J connectivity index is 1.94. The third kappa shape index (κ3) is 5.09. The Morgan fingerprint density at radius 2 is 1.78 bits per heavy atom. The molecule has 0 aromatic heterocycles. The quantitative estimate of drug-likeness (QED) is 0.824. The summed E-state index contributed by atoms with van der Waals surface area (Å²) in [6.07, 6.45) is 5.23. The van der Waals surface area contributed by atoms with Gasteiger partial charge in [-0.2, -0.15) is 0 Å². The number of hydrogen-bond donors (Lipinski definition) is 2. The van der Waals surface area contributed by atoms with Crippen molar-refractivity contribution in [2.24, 2.45) is 0 Å². The summed E-state index contributed by atoms with van der Waals surface area (Å²) in [4.78, 5) is 12.0. The molecular weight excluding hydrogens is 309 g/mol. The summed E-state index contributed by atoms with van der Waals surface area (Å²) in [7, 11) is 0. The van der Waals surface area contributed by atoms with Crippen LogP contribution < -0.4 is 15.4 Å². The van der Waals surface area contributed by atoms with Gasteiger partial charge in [0.05, 0.1) is 0 Å². The lowest BCUT2D eigenvalue weighted by atomic mass is 9.82. The maximum Gasteiger partial charge on any atom is 0.573 e. The Morgan fingerprint density at radius 3 is 2.30 bits per heavy atom. The van der Waals surface area contributed by atoms with Crippen LogP contribution in [-0.2, 0) is 0 Å². The van der Waals surface area contributed by atoms with Crippen LogP contribution in [0, 0.1) is 12.3 Å². The molecule has 23 heavy (non-hydrogen) atoms. The van der Waals surface area contributed by atoms with E-state index in [-0.39, 0.29) is 5.75 Å². The monoisotopic (exact) mass is 326 g/mol. The molecule has 0 spiro atoms. The molecule has 1 aromatic carbocycles. The van der Waals surface area contributed by atoms with E-state index in [0.29, 0.717) is 5.69 Å². The van der Waals surface area contributed by atoms with Gasteiger partial charge in [-0.25, -0.2) is 4.79 Å². The molecule has 0 saturated heterocycles. The second-order valence-corrected chi connectivity index (χ2v) is 5.44. The zero-order chi connectivity index (χ0) is 16.9. The molecule has 0 radical (unpaired) electrons. The van der Waals surface area contributed by atoms with E-state index in [1.54, 1.807) is 0 Å². The van der Waals surface area contributed by atoms with Gasteiger partial charge in [0.2, 0.25) is 0 Å². The molecule has 0 bridgehead atoms. The van der Waals surface area contributed by atoms with Crippen molar-refractivity contribution in [3.05, 3.63) is 24.3 Å². The number of terminal acetylenes is 1. The second-order valence-electron chi connectivity index (χ2n) is 5.44. The van der Waals surface area contributed by atoms with Crippen LogP contribution in [0.2, 0.25) is 0 Å². The van der Waals surface area contributed by atoms with Crippen molar-refractivity contribution >= 4 is 11.7 Å². The minimum atomic E-state index is -4.74. The van der Waals surface area contributed by atoms with Gasteiger partial charge < -0.3 is 15.4 Å². The predicted octanol–water partition coefficient (Wildman–Crippen LogP) is 4.04. The highest BCUT2D eigenvalue weighted by Crippen LogP contribution is 2.28. The molecule has 2 rings (SSSR count). The minimum absolute atomic E-state index is 0.347. The third-order valence-corrected chi connectivity index (χ3v) is 3.68. The number of alkyl halides is 3. The Labute approximate surface area is 132 Å². The van der Waals surface area contributed by atoms with Crippen LogP contribution in [-0.4, -0.2) is 17.9 Å². The Hall–Kier alpha value is -2.36. The number of carbonyl (C=O) groups is 1. The highest BCUT2D eigenvalue weighted by molar-refractivity contribution is 5.90. The van der Waals surface area contributed by atoms with Crippen LogP contribution in [0.3, 0.4) is 0 Å². The van der Waals surface area contributed by atoms with Gasteiger partial charge in [-0.05, 0) is 37.1 Å². The summed E-state index contributed by atoms with van der Waals surface area (Å²) < 4.78 is 40.0. The molecule has 1 aliphatic carbocycles. The first kappa shape index (κ1) is 17.0. The van der Waals surface area contributed by atoms with E-state index in [1.807, 2.05) is 0 Å². The van der Waals surface area contributed by atoms with E-state index in [2.05, 4.69) is 21.3 Å². The van der Waals surface area contributed by atoms with Crippen LogP contribution in [0.5, 0.6) is 5.75 Å². The molecule has 124 valence electrons. The molecule has 2 amide bonds. The number of benzene rings is 1. The highest BCUT2D eigenvalue weighted by Gasteiger charge is 2.32. The molecule has 1 fully saturated rings. The maximum absolute atomic E-state index is 12.1. The summed E-state index contributed by atoms with van der Waals surface area (Å²) in [5, 5.41) is 5.34. The number of nitrogens with one attached hydrogen (secondary N) is 2. The van der Waals surface area contributed by atoms with Crippen molar-refractivity contribution < 1.29 is 22.7 Å². The van der Waals surface area contributed by atoms with Crippen molar-refractivity contribution in [3.63, 3.8) is 0 Å². The smallest absolute Gasteiger partial charge is 0.406 e. The average Bonchev–Trinajstić information content (AvgIpc) is 2.48. The summed E-state index contributed by atoms with van der Waals surface area (Å²) in [6, 6.07) is 4.42. The van der Waals surface area contributed by atoms with Gasteiger partial charge in [-0.3, -0.25) is 0 Å². The van der Waals surface area contributed by atoms with Crippen molar-refractivity contribution in [2.75, 3.05) is 5.32 Å². The van der Waals surface area contributed by atoms with Crippen molar-refractivity contribution in [2.45, 2.75) is 44.0 Å². The number of carbonyl (C=O) groups excluding carboxylic acids is 1. The average molecular weight is 326 g/mol. The number of rotatable bonds is 3. The fraction of sp³-hybridized carbons (Fsp3) is 0.438. The molecule has 0 aliphatic heterocycles. The lowest BCUT2D eigenvalue weighted by Gasteiger charge is -2.33. The third-order valence-electron chi connectivity index (χ3n) is 3.68. The summed E-state index contributed by atoms with van der Waals surface area (Å²) in [6.45, 7) is 0. The number of ether oxygens (including phenoxy) is 1. The molecule has 1 aromatic rings. The van der Waals surface area contributed by atoms with Gasteiger partial charge in [0, 0.05) is 5.69 Å². The molecule has 1 saturated carbocycles. The van der Waals surface area contributed by atoms with Crippen molar-refractivity contribution in [3.8, 4) is 18.1 Å². The number of urea groups is 1. The topological polar surface area (TPSA) is 50.4 Å². The number of anilines is 1. The summed E-state index contributed by atoms with van der Waals surface area (Å²) in [5.41, 5.74) is -0.304. The molecule has 1 aliphatic rings. The molecule has 0 unspecified atom stereocenters. The Kier molecular flexibility index (Phi) is 5.04. The molecule has 0 heterocycles. The van der Waals surface area contributed by atoms with Crippen LogP contribution in [0.4, 0.5) is 23.7 Å². The van der Waals surface area contributed by atoms with Gasteiger partial charge >= 0.3 is 12.4 Å². The number of hydrogen-bond acceptors (Lipinski definition) is 2. The van der Waals surface area contributed by atoms with Gasteiger partial charge in [0.1, 0.15) is 11.3 Å². The lowest BCUT2D eigenvalue weighted by Crippen LogP contribution is -2.50. The first-order valence-electron chi connectivity index (χ1n) is 7.25. The largest absolute Gasteiger partial charge is 0.573 e. The van der Waals surface area contributed by atoms with Crippen LogP contribution in [0.25, 0.3) is 0 Å². The first-order valence-corrected chi connectivity index (χ1v) is 7.25. The predicted molar refractivity (Wildman–Crippen MR) is 79.9 cm³/mol. The first-order chi connectivity index (χ1) is 10.8. The fourth-order valence-electron chi connectivity index (χ4n) is 2.58. The van der Waals surface area contributed by atoms with E-state index in [9.17, 15) is 18.0 Å². The zero-order valence-electron chi connectivity index (χ0n) is 12.4. The van der Waals surface area contributed by atoms with Crippen molar-refractivity contribution in [1.82, 2.24) is 5.32 Å². The van der Waals surface area contributed by atoms with E-state index in [1.165, 1.54) is 12.1 Å². The van der Waals surface area contributed by atoms with Crippen LogP contribution in [0.1, 0.15) is 32.1 Å². The van der Waals surface area contributed by atoms with Gasteiger partial charge in [-0.15, -0.1) is 19.6 Å². The van der Waals surface area contributed by atoms with E-state index in [0.717, 1.165) is 44.2 Å². The Bertz CT molecular complexity index is 585. The number of halogens is 3. The van der Waals surface area contributed by atoms with Gasteiger partial charge in [-0.1, -0.05) is 25.2 Å². The van der Waals surface area contributed by atoms with E-state index < -0.39 is 17.9 Å². The van der Waals surface area contributed by atoms with Crippen LogP contribution >= 0.6 is 0 Å². The molecule has 2 N–H and O–H groups in total. The Morgan fingerprint density at radius 1 is 1.17 bits per heavy atom. The standard InChI is InChI=1S/C16H17F3N2O2/c1-2-15(10-4-3-5-11-15)21-14(22)20-12-6-8-13(9-7-12)23-16(17,18)19/h1,6-9H,3-5,10-11H2,(H2,20,21,22). The van der Waals surface area contributed by atoms with E-state index >= 15 is 0 Å². The molecular formula is C16H17F3N2O2. The molecule has 4 nitrogen and oxygen atoms in total. The fourth-order valence-corrected chi connectivity index (χ4v) is 2.58. The zero-order valence-corrected chi connectivity index (χ0v) is 12.4. The second kappa shape index (κ2) is 6.82.